The van der Waals surface area contributed by atoms with Crippen LogP contribution in [0, 0.1) is 28.1 Å². The Morgan fingerprint density at radius 3 is 2.17 bits per heavy atom. The van der Waals surface area contributed by atoms with Gasteiger partial charge in [-0.25, -0.2) is 0 Å². The van der Waals surface area contributed by atoms with E-state index >= 15 is 0 Å². The molecule has 3 aliphatic carbocycles. The molecule has 3 saturated carbocycles. The van der Waals surface area contributed by atoms with Gasteiger partial charge in [-0.1, -0.05) is 40.2 Å². The van der Waals surface area contributed by atoms with Crippen LogP contribution < -0.4 is 0 Å². The monoisotopic (exact) mass is 322 g/mol. The molecule has 0 radical (unpaired) electrons. The first-order valence-corrected chi connectivity index (χ1v) is 9.20. The first-order valence-electron chi connectivity index (χ1n) is 9.20. The van der Waals surface area contributed by atoms with Crippen LogP contribution in [0.25, 0.3) is 0 Å². The van der Waals surface area contributed by atoms with Crippen molar-refractivity contribution in [2.75, 3.05) is 0 Å². The molecule has 0 amide bonds. The number of allylic oxidation sites excluding steroid dienone is 1. The van der Waals surface area contributed by atoms with Gasteiger partial charge < -0.3 is 15.3 Å². The molecule has 3 heteroatoms. The number of aliphatic hydroxyl groups is 3. The molecule has 23 heavy (non-hydrogen) atoms. The van der Waals surface area contributed by atoms with Crippen LogP contribution in [0.1, 0.15) is 66.2 Å². The molecule has 0 bridgehead atoms. The molecule has 3 N–H and O–H groups in total. The van der Waals surface area contributed by atoms with Gasteiger partial charge in [0.1, 0.15) is 0 Å². The molecule has 3 nitrogen and oxygen atoms in total. The SMILES string of the molecule is C=CC1(C)CC(O)C2C(O)(CC(O)C3C(C)(C)CCCC32C)C1. The second kappa shape index (κ2) is 5.06. The van der Waals surface area contributed by atoms with Gasteiger partial charge in [0.25, 0.3) is 0 Å². The predicted octanol–water partition coefficient (Wildman–Crippen LogP) is 3.28. The summed E-state index contributed by atoms with van der Waals surface area (Å²) in [4.78, 5) is 0. The molecule has 0 spiro atoms. The van der Waals surface area contributed by atoms with E-state index in [9.17, 15) is 15.3 Å². The molecule has 132 valence electrons. The second-order valence-electron chi connectivity index (χ2n) is 9.98. The molecule has 0 aromatic heterocycles. The molecule has 0 aromatic rings. The van der Waals surface area contributed by atoms with Crippen molar-refractivity contribution in [3.8, 4) is 0 Å². The Balaban J connectivity index is 2.07. The number of rotatable bonds is 1. The molecule has 0 saturated heterocycles. The summed E-state index contributed by atoms with van der Waals surface area (Å²) < 4.78 is 0. The van der Waals surface area contributed by atoms with E-state index in [0.29, 0.717) is 19.3 Å². The average Bonchev–Trinajstić information content (AvgIpc) is 2.34. The first kappa shape index (κ1) is 17.4. The smallest absolute Gasteiger partial charge is 0.0738 e. The molecule has 3 rings (SSSR count). The van der Waals surface area contributed by atoms with Crippen LogP contribution >= 0.6 is 0 Å². The Labute approximate surface area is 140 Å². The summed E-state index contributed by atoms with van der Waals surface area (Å²) in [7, 11) is 0. The molecule has 7 atom stereocenters. The van der Waals surface area contributed by atoms with Gasteiger partial charge >= 0.3 is 0 Å². The fraction of sp³-hybridized carbons (Fsp3) is 0.900. The van der Waals surface area contributed by atoms with Gasteiger partial charge in [0.2, 0.25) is 0 Å². The lowest BCUT2D eigenvalue weighted by molar-refractivity contribution is -0.266. The minimum absolute atomic E-state index is 0.0483. The van der Waals surface area contributed by atoms with Crippen LogP contribution in [0.2, 0.25) is 0 Å². The summed E-state index contributed by atoms with van der Waals surface area (Å²) in [5.74, 6) is -0.0206. The normalized spacial score (nSPS) is 55.6. The maximum absolute atomic E-state index is 11.5. The summed E-state index contributed by atoms with van der Waals surface area (Å²) in [5, 5.41) is 33.5. The van der Waals surface area contributed by atoms with Gasteiger partial charge in [0.15, 0.2) is 0 Å². The van der Waals surface area contributed by atoms with Crippen molar-refractivity contribution in [2.45, 2.75) is 84.0 Å². The lowest BCUT2D eigenvalue weighted by Crippen LogP contribution is -2.69. The van der Waals surface area contributed by atoms with E-state index in [1.807, 2.05) is 6.08 Å². The quantitative estimate of drug-likeness (QED) is 0.649. The number of hydrogen-bond acceptors (Lipinski definition) is 3. The molecular weight excluding hydrogens is 288 g/mol. The van der Waals surface area contributed by atoms with E-state index in [1.165, 1.54) is 0 Å². The molecule has 3 aliphatic rings. The van der Waals surface area contributed by atoms with Crippen molar-refractivity contribution in [3.05, 3.63) is 12.7 Å². The average molecular weight is 322 g/mol. The zero-order valence-electron chi connectivity index (χ0n) is 15.2. The van der Waals surface area contributed by atoms with E-state index in [1.54, 1.807) is 0 Å². The van der Waals surface area contributed by atoms with Crippen LogP contribution in [0.4, 0.5) is 0 Å². The van der Waals surface area contributed by atoms with Crippen LogP contribution in [-0.4, -0.2) is 33.1 Å². The van der Waals surface area contributed by atoms with Gasteiger partial charge in [0.05, 0.1) is 17.8 Å². The molecule has 7 unspecified atom stereocenters. The Kier molecular flexibility index (Phi) is 3.84. The maximum atomic E-state index is 11.5. The zero-order valence-corrected chi connectivity index (χ0v) is 15.2. The molecule has 3 fully saturated rings. The van der Waals surface area contributed by atoms with E-state index in [0.717, 1.165) is 19.3 Å². The molecule has 0 aromatic carbocycles. The molecular formula is C20H34O3. The second-order valence-corrected chi connectivity index (χ2v) is 9.98. The summed E-state index contributed by atoms with van der Waals surface area (Å²) in [6, 6.07) is 0. The fourth-order valence-corrected chi connectivity index (χ4v) is 7.16. The van der Waals surface area contributed by atoms with Gasteiger partial charge in [-0.2, -0.15) is 0 Å². The lowest BCUT2D eigenvalue weighted by Gasteiger charge is -2.66. The fourth-order valence-electron chi connectivity index (χ4n) is 7.16. The van der Waals surface area contributed by atoms with E-state index in [4.69, 9.17) is 0 Å². The topological polar surface area (TPSA) is 60.7 Å². The summed E-state index contributed by atoms with van der Waals surface area (Å²) in [5.41, 5.74) is -1.43. The minimum Gasteiger partial charge on any atom is -0.393 e. The van der Waals surface area contributed by atoms with Crippen molar-refractivity contribution in [2.24, 2.45) is 28.1 Å². The number of hydrogen-bond donors (Lipinski definition) is 3. The van der Waals surface area contributed by atoms with Crippen molar-refractivity contribution < 1.29 is 15.3 Å². The maximum Gasteiger partial charge on any atom is 0.0738 e. The minimum atomic E-state index is -1.00. The molecule has 0 heterocycles. The number of aliphatic hydroxyl groups excluding tert-OH is 2. The van der Waals surface area contributed by atoms with Gasteiger partial charge in [-0.05, 0) is 47.8 Å². The lowest BCUT2D eigenvalue weighted by atomic mass is 9.40. The highest BCUT2D eigenvalue weighted by Crippen LogP contribution is 2.66. The summed E-state index contributed by atoms with van der Waals surface area (Å²) >= 11 is 0. The molecule has 0 aliphatic heterocycles. The standard InChI is InChI=1S/C20H34O3/c1-6-18(4)10-13(21)16-19(5)9-7-8-17(2,3)15(19)14(22)11-20(16,23)12-18/h6,13-16,21-23H,1,7-12H2,2-5H3. The Bertz CT molecular complexity index is 501. The Morgan fingerprint density at radius 2 is 1.57 bits per heavy atom. The number of fused-ring (bicyclic) bond motifs is 3. The highest BCUT2D eigenvalue weighted by molar-refractivity contribution is 5.18. The van der Waals surface area contributed by atoms with Crippen molar-refractivity contribution >= 4 is 0 Å². The van der Waals surface area contributed by atoms with E-state index in [2.05, 4.69) is 34.3 Å². The van der Waals surface area contributed by atoms with E-state index < -0.39 is 17.8 Å². The third-order valence-corrected chi connectivity index (χ3v) is 7.59. The van der Waals surface area contributed by atoms with Crippen LogP contribution in [-0.2, 0) is 0 Å². The predicted molar refractivity (Wildman–Crippen MR) is 91.8 cm³/mol. The van der Waals surface area contributed by atoms with Crippen LogP contribution in [0.5, 0.6) is 0 Å². The van der Waals surface area contributed by atoms with Gasteiger partial charge in [-0.3, -0.25) is 0 Å². The van der Waals surface area contributed by atoms with Gasteiger partial charge in [-0.15, -0.1) is 6.58 Å². The zero-order chi connectivity index (χ0) is 17.3. The Morgan fingerprint density at radius 1 is 0.957 bits per heavy atom. The van der Waals surface area contributed by atoms with E-state index in [-0.39, 0.29) is 28.1 Å². The van der Waals surface area contributed by atoms with Crippen molar-refractivity contribution in [1.82, 2.24) is 0 Å². The third kappa shape index (κ3) is 2.42. The van der Waals surface area contributed by atoms with Crippen molar-refractivity contribution in [1.29, 1.82) is 0 Å². The van der Waals surface area contributed by atoms with Crippen molar-refractivity contribution in [3.63, 3.8) is 0 Å². The summed E-state index contributed by atoms with van der Waals surface area (Å²) in [6.45, 7) is 12.7. The first-order chi connectivity index (χ1) is 10.5. The van der Waals surface area contributed by atoms with Crippen LogP contribution in [0.3, 0.4) is 0 Å². The van der Waals surface area contributed by atoms with Gasteiger partial charge in [0, 0.05) is 12.3 Å². The highest BCUT2D eigenvalue weighted by atomic mass is 16.3. The Hall–Kier alpha value is -0.380. The highest BCUT2D eigenvalue weighted by Gasteiger charge is 2.66. The third-order valence-electron chi connectivity index (χ3n) is 7.59. The van der Waals surface area contributed by atoms with Crippen LogP contribution in [0.15, 0.2) is 12.7 Å². The summed E-state index contributed by atoms with van der Waals surface area (Å²) in [6.07, 6.45) is 5.64. The largest absolute Gasteiger partial charge is 0.393 e.